The van der Waals surface area contributed by atoms with Gasteiger partial charge in [-0.15, -0.1) is 0 Å². The molecule has 0 saturated carbocycles. The maximum atomic E-state index is 14.3. The molecule has 2 fully saturated rings. The van der Waals surface area contributed by atoms with Gasteiger partial charge in [-0.05, 0) is 63.5 Å². The molecule has 9 heteroatoms. The Labute approximate surface area is 231 Å². The number of ether oxygens (including phenoxy) is 2. The standard InChI is InChI=1S/C29H35BrN2O6/c1-7-15(4)29(28(35)36)22-21(23(31-29)18-13-19(30)25(38-6)20(14-18)37-5)26(33)32(27(22)34)24-16(8-2)11-10-12-17(24)9-3/h10-15,21-23,31H,7-9H2,1-6H3,(H,35,36). The lowest BCUT2D eigenvalue weighted by atomic mass is 9.72. The van der Waals surface area contributed by atoms with Gasteiger partial charge < -0.3 is 14.6 Å². The minimum Gasteiger partial charge on any atom is -0.493 e. The van der Waals surface area contributed by atoms with Crippen LogP contribution in [0.1, 0.15) is 56.8 Å². The fourth-order valence-corrected chi connectivity index (χ4v) is 6.87. The molecule has 4 rings (SSSR count). The molecule has 0 aliphatic carbocycles. The Bertz CT molecular complexity index is 1260. The number of carbonyl (C=O) groups excluding carboxylic acids is 2. The van der Waals surface area contributed by atoms with Gasteiger partial charge in [0.2, 0.25) is 11.8 Å². The molecule has 0 radical (unpaired) electrons. The number of fused-ring (bicyclic) bond motifs is 1. The van der Waals surface area contributed by atoms with Crippen LogP contribution < -0.4 is 19.7 Å². The molecule has 38 heavy (non-hydrogen) atoms. The quantitative estimate of drug-likeness (QED) is 0.402. The number of methoxy groups -OCH3 is 2. The molecule has 8 nitrogen and oxygen atoms in total. The van der Waals surface area contributed by atoms with Crippen molar-refractivity contribution < 1.29 is 29.0 Å². The molecule has 0 bridgehead atoms. The van der Waals surface area contributed by atoms with Crippen LogP contribution in [0.2, 0.25) is 0 Å². The van der Waals surface area contributed by atoms with Crippen LogP contribution in [0.3, 0.4) is 0 Å². The van der Waals surface area contributed by atoms with E-state index in [4.69, 9.17) is 9.47 Å². The maximum absolute atomic E-state index is 14.3. The van der Waals surface area contributed by atoms with Gasteiger partial charge in [0.05, 0.1) is 36.2 Å². The van der Waals surface area contributed by atoms with E-state index in [1.165, 1.54) is 19.1 Å². The number of hydrogen-bond acceptors (Lipinski definition) is 6. The van der Waals surface area contributed by atoms with Crippen molar-refractivity contribution in [3.8, 4) is 11.5 Å². The number of para-hydroxylation sites is 1. The number of halogens is 1. The Balaban J connectivity index is 1.97. The van der Waals surface area contributed by atoms with Gasteiger partial charge in [0.1, 0.15) is 5.54 Å². The number of carbonyl (C=O) groups is 3. The van der Waals surface area contributed by atoms with E-state index in [1.807, 2.05) is 45.9 Å². The molecule has 2 N–H and O–H groups in total. The normalized spacial score (nSPS) is 25.4. The average molecular weight is 588 g/mol. The van der Waals surface area contributed by atoms with Crippen LogP contribution in [0, 0.1) is 17.8 Å². The highest BCUT2D eigenvalue weighted by Crippen LogP contribution is 2.54. The van der Waals surface area contributed by atoms with Gasteiger partial charge in [-0.2, -0.15) is 0 Å². The molecule has 2 aliphatic heterocycles. The minimum absolute atomic E-state index is 0.384. The van der Waals surface area contributed by atoms with Crippen molar-refractivity contribution in [2.45, 2.75) is 58.5 Å². The van der Waals surface area contributed by atoms with Crippen LogP contribution in [0.15, 0.2) is 34.8 Å². The summed E-state index contributed by atoms with van der Waals surface area (Å²) < 4.78 is 11.6. The first-order valence-electron chi connectivity index (χ1n) is 13.0. The molecule has 0 aromatic heterocycles. The fraction of sp³-hybridized carbons (Fsp3) is 0.483. The molecule has 204 valence electrons. The molecule has 2 amide bonds. The Morgan fingerprint density at radius 2 is 1.74 bits per heavy atom. The van der Waals surface area contributed by atoms with Gasteiger partial charge in [-0.1, -0.05) is 52.3 Å². The van der Waals surface area contributed by atoms with Crippen molar-refractivity contribution in [1.82, 2.24) is 5.32 Å². The first-order chi connectivity index (χ1) is 18.1. The highest BCUT2D eigenvalue weighted by atomic mass is 79.9. The van der Waals surface area contributed by atoms with Crippen LogP contribution in [-0.2, 0) is 27.2 Å². The van der Waals surface area contributed by atoms with Crippen molar-refractivity contribution in [2.75, 3.05) is 19.1 Å². The number of nitrogens with one attached hydrogen (secondary N) is 1. The predicted octanol–water partition coefficient (Wildman–Crippen LogP) is 4.91. The number of nitrogens with zero attached hydrogens (tertiary/aromatic N) is 1. The SMILES string of the molecule is CCc1cccc(CC)c1N1C(=O)C2C(c3cc(Br)c(OC)c(OC)c3)NC(C(=O)O)(C(C)CC)C2C1=O. The third-order valence-corrected chi connectivity index (χ3v) is 8.93. The zero-order chi connectivity index (χ0) is 27.9. The van der Waals surface area contributed by atoms with Crippen molar-refractivity contribution in [1.29, 1.82) is 0 Å². The monoisotopic (exact) mass is 586 g/mol. The zero-order valence-corrected chi connectivity index (χ0v) is 24.2. The van der Waals surface area contributed by atoms with E-state index in [0.29, 0.717) is 46.5 Å². The lowest BCUT2D eigenvalue weighted by Gasteiger charge is -2.36. The molecular weight excluding hydrogens is 552 g/mol. The highest BCUT2D eigenvalue weighted by molar-refractivity contribution is 9.10. The third-order valence-electron chi connectivity index (χ3n) is 8.34. The summed E-state index contributed by atoms with van der Waals surface area (Å²) in [6.07, 6.45) is 1.78. The van der Waals surface area contributed by atoms with Crippen LogP contribution in [0.4, 0.5) is 5.69 Å². The summed E-state index contributed by atoms with van der Waals surface area (Å²) in [4.78, 5) is 42.9. The summed E-state index contributed by atoms with van der Waals surface area (Å²) in [6.45, 7) is 7.68. The first-order valence-corrected chi connectivity index (χ1v) is 13.8. The summed E-state index contributed by atoms with van der Waals surface area (Å²) >= 11 is 3.52. The van der Waals surface area contributed by atoms with E-state index in [9.17, 15) is 19.5 Å². The lowest BCUT2D eigenvalue weighted by molar-refractivity contribution is -0.151. The Morgan fingerprint density at radius 1 is 1.11 bits per heavy atom. The number of anilines is 1. The first kappa shape index (κ1) is 28.1. The van der Waals surface area contributed by atoms with Crippen LogP contribution in [0.5, 0.6) is 11.5 Å². The Kier molecular flexibility index (Phi) is 7.91. The largest absolute Gasteiger partial charge is 0.493 e. The van der Waals surface area contributed by atoms with Gasteiger partial charge in [-0.3, -0.25) is 19.7 Å². The van der Waals surface area contributed by atoms with Crippen molar-refractivity contribution in [3.05, 3.63) is 51.5 Å². The number of carboxylic acids is 1. The average Bonchev–Trinajstić information content (AvgIpc) is 3.41. The number of aliphatic carboxylic acids is 1. The van der Waals surface area contributed by atoms with Gasteiger partial charge in [-0.25, -0.2) is 4.90 Å². The van der Waals surface area contributed by atoms with E-state index in [-0.39, 0.29) is 5.91 Å². The Morgan fingerprint density at radius 3 is 2.24 bits per heavy atom. The number of benzene rings is 2. The van der Waals surface area contributed by atoms with Gasteiger partial charge in [0.15, 0.2) is 11.5 Å². The molecule has 5 atom stereocenters. The zero-order valence-electron chi connectivity index (χ0n) is 22.6. The number of aryl methyl sites for hydroxylation is 2. The molecular formula is C29H35BrN2O6. The summed E-state index contributed by atoms with van der Waals surface area (Å²) in [5.41, 5.74) is 1.37. The smallest absolute Gasteiger partial charge is 0.325 e. The van der Waals surface area contributed by atoms with E-state index in [1.54, 1.807) is 12.1 Å². The minimum atomic E-state index is -1.63. The van der Waals surface area contributed by atoms with Gasteiger partial charge in [0.25, 0.3) is 0 Å². The summed E-state index contributed by atoms with van der Waals surface area (Å²) in [5, 5.41) is 14.0. The lowest BCUT2D eigenvalue weighted by Crippen LogP contribution is -2.59. The second-order valence-electron chi connectivity index (χ2n) is 9.99. The predicted molar refractivity (Wildman–Crippen MR) is 148 cm³/mol. The summed E-state index contributed by atoms with van der Waals surface area (Å²) in [7, 11) is 3.04. The maximum Gasteiger partial charge on any atom is 0.325 e. The second kappa shape index (κ2) is 10.7. The number of hydrogen-bond donors (Lipinski definition) is 2. The van der Waals surface area contributed by atoms with Gasteiger partial charge >= 0.3 is 5.97 Å². The second-order valence-corrected chi connectivity index (χ2v) is 10.8. The van der Waals surface area contributed by atoms with Crippen LogP contribution >= 0.6 is 15.9 Å². The molecule has 2 aliphatic rings. The summed E-state index contributed by atoms with van der Waals surface area (Å²) in [5.74, 6) is -3.47. The number of carboxylic acid groups (broad SMARTS) is 1. The third kappa shape index (κ3) is 4.02. The molecule has 2 saturated heterocycles. The van der Waals surface area contributed by atoms with Gasteiger partial charge in [0, 0.05) is 6.04 Å². The Hall–Kier alpha value is -2.91. The molecule has 2 aromatic rings. The highest BCUT2D eigenvalue weighted by Gasteiger charge is 2.70. The van der Waals surface area contributed by atoms with E-state index in [0.717, 1.165) is 11.1 Å². The molecule has 2 heterocycles. The summed E-state index contributed by atoms with van der Waals surface area (Å²) in [6, 6.07) is 8.57. The van der Waals surface area contributed by atoms with Crippen molar-refractivity contribution in [2.24, 2.45) is 17.8 Å². The fourth-order valence-electron chi connectivity index (χ4n) is 6.25. The van der Waals surface area contributed by atoms with Crippen molar-refractivity contribution in [3.63, 3.8) is 0 Å². The molecule has 2 aromatic carbocycles. The number of rotatable bonds is 9. The topological polar surface area (TPSA) is 105 Å². The van der Waals surface area contributed by atoms with Crippen LogP contribution in [-0.4, -0.2) is 42.6 Å². The van der Waals surface area contributed by atoms with E-state index in [2.05, 4.69) is 21.2 Å². The number of imide groups is 1. The van der Waals surface area contributed by atoms with Crippen molar-refractivity contribution >= 4 is 39.4 Å². The van der Waals surface area contributed by atoms with E-state index >= 15 is 0 Å². The van der Waals surface area contributed by atoms with E-state index < -0.39 is 41.2 Å². The molecule has 5 unspecified atom stereocenters. The number of amides is 2. The van der Waals surface area contributed by atoms with Crippen LogP contribution in [0.25, 0.3) is 0 Å². The molecule has 0 spiro atoms.